The molecule has 0 amide bonds. The first-order valence-electron chi connectivity index (χ1n) is 14.0. The van der Waals surface area contributed by atoms with Crippen molar-refractivity contribution in [3.8, 4) is 23.0 Å². The van der Waals surface area contributed by atoms with Crippen molar-refractivity contribution in [2.24, 2.45) is 0 Å². The van der Waals surface area contributed by atoms with Gasteiger partial charge >= 0.3 is 5.97 Å². The second kappa shape index (κ2) is 15.2. The van der Waals surface area contributed by atoms with E-state index in [9.17, 15) is 22.7 Å². The first-order valence-corrected chi connectivity index (χ1v) is 15.6. The lowest BCUT2D eigenvalue weighted by Crippen LogP contribution is -2.25. The highest BCUT2D eigenvalue weighted by Gasteiger charge is 2.21. The summed E-state index contributed by atoms with van der Waals surface area (Å²) in [6.07, 6.45) is 0. The van der Waals surface area contributed by atoms with Gasteiger partial charge in [-0.15, -0.1) is 0 Å². The van der Waals surface area contributed by atoms with Crippen LogP contribution < -0.4 is 9.46 Å². The molecule has 2 heterocycles. The molecule has 1 aromatic heterocycles. The molecule has 5 aromatic rings. The quantitative estimate of drug-likeness (QED) is 0.122. The minimum atomic E-state index is -3.29. The van der Waals surface area contributed by atoms with E-state index >= 15 is 0 Å². The fourth-order valence-corrected chi connectivity index (χ4v) is 4.99. The number of aromatic hydroxyl groups is 3. The number of sulfonamides is 1. The number of rotatable bonds is 1. The fourth-order valence-electron chi connectivity index (χ4n) is 4.16. The lowest BCUT2D eigenvalue weighted by Gasteiger charge is -2.20. The van der Waals surface area contributed by atoms with E-state index in [1.165, 1.54) is 24.8 Å². The van der Waals surface area contributed by atoms with Gasteiger partial charge in [0.1, 0.15) is 22.9 Å². The van der Waals surface area contributed by atoms with Gasteiger partial charge in [0, 0.05) is 5.39 Å². The molecule has 12 heteroatoms. The summed E-state index contributed by atoms with van der Waals surface area (Å²) in [6.45, 7) is 9.56. The number of para-hydroxylation sites is 1. The molecule has 1 aliphatic rings. The number of fused-ring (bicyclic) bond motifs is 2. The highest BCUT2D eigenvalue weighted by Crippen LogP contribution is 2.32. The van der Waals surface area contributed by atoms with E-state index in [1.807, 2.05) is 39.8 Å². The first-order chi connectivity index (χ1) is 21.6. The van der Waals surface area contributed by atoms with Crippen LogP contribution in [0.4, 0.5) is 10.1 Å². The normalized spacial score (nSPS) is 12.3. The van der Waals surface area contributed by atoms with Gasteiger partial charge in [0.25, 0.3) is 10.0 Å². The molecule has 6 rings (SSSR count). The van der Waals surface area contributed by atoms with Gasteiger partial charge in [0.15, 0.2) is 11.6 Å². The average molecular weight is 653 g/mol. The Balaban J connectivity index is 0.000000171. The standard InChI is InChI=1S/C11H11NO3.C8H9NO3S.C8H10O.C7H7FO/c1-6-3-4-9(13)10-7(6)5-8(12-10)11(14)15-2;1-6-3-2-4-7-8(6)12-5-13(10,11)9-7;1-6-3-4-8(9)5-7(6)2;1-5-2-3-7(9)6(8)4-5/h3-5,12-13H,1-2H3;2-4,9H,5H2,1H3;3-5,9H,1-2H3;2-4,9H,1H3. The SMILES string of the molecule is COC(=O)c1cc2c(C)ccc(O)c2[nH]1.Cc1ccc(O)c(F)c1.Cc1ccc(O)cc1C.Cc1cccc2c1OCS(=O)(=O)N2. The molecular weight excluding hydrogens is 615 g/mol. The Morgan fingerprint density at radius 3 is 2.09 bits per heavy atom. The van der Waals surface area contributed by atoms with Crippen molar-refractivity contribution in [1.29, 1.82) is 0 Å². The van der Waals surface area contributed by atoms with E-state index < -0.39 is 21.8 Å². The predicted molar refractivity (Wildman–Crippen MR) is 176 cm³/mol. The molecule has 1 aliphatic heterocycles. The zero-order valence-corrected chi connectivity index (χ0v) is 27.1. The highest BCUT2D eigenvalue weighted by molar-refractivity contribution is 7.92. The Morgan fingerprint density at radius 2 is 1.50 bits per heavy atom. The van der Waals surface area contributed by atoms with Gasteiger partial charge in [0.2, 0.25) is 5.94 Å². The summed E-state index contributed by atoms with van der Waals surface area (Å²) in [5, 5.41) is 28.0. The molecule has 0 fully saturated rings. The Bertz CT molecular complexity index is 1870. The van der Waals surface area contributed by atoms with Crippen molar-refractivity contribution in [3.63, 3.8) is 0 Å². The topological polar surface area (TPSA) is 158 Å². The second-order valence-electron chi connectivity index (χ2n) is 10.5. The van der Waals surface area contributed by atoms with Crippen LogP contribution in [0.1, 0.15) is 38.3 Å². The molecule has 5 N–H and O–H groups in total. The third kappa shape index (κ3) is 9.38. The Kier molecular flexibility index (Phi) is 11.6. The summed E-state index contributed by atoms with van der Waals surface area (Å²) in [5.74, 6) is -0.494. The van der Waals surface area contributed by atoms with Crippen molar-refractivity contribution in [2.75, 3.05) is 17.8 Å². The minimum Gasteiger partial charge on any atom is -0.508 e. The number of methoxy groups -OCH3 is 1. The number of phenolic OH excluding ortho intramolecular Hbond substituents is 3. The number of benzene rings is 4. The van der Waals surface area contributed by atoms with Crippen molar-refractivity contribution in [3.05, 3.63) is 112 Å². The number of carbonyl (C=O) groups excluding carboxylic acids is 1. The van der Waals surface area contributed by atoms with E-state index in [-0.39, 0.29) is 17.4 Å². The molecule has 10 nitrogen and oxygen atoms in total. The van der Waals surface area contributed by atoms with Gasteiger partial charge in [-0.05, 0) is 105 Å². The third-order valence-corrected chi connectivity index (χ3v) is 7.78. The van der Waals surface area contributed by atoms with Gasteiger partial charge in [0.05, 0.1) is 18.3 Å². The number of hydrogen-bond donors (Lipinski definition) is 5. The summed E-state index contributed by atoms with van der Waals surface area (Å²) >= 11 is 0. The smallest absolute Gasteiger partial charge is 0.354 e. The fraction of sp³-hybridized carbons (Fsp3) is 0.206. The largest absolute Gasteiger partial charge is 0.508 e. The molecule has 0 aliphatic carbocycles. The number of nitrogens with one attached hydrogen (secondary N) is 2. The number of esters is 1. The summed E-state index contributed by atoms with van der Waals surface area (Å²) < 4.78 is 46.6. The molecule has 0 radical (unpaired) electrons. The van der Waals surface area contributed by atoms with Crippen LogP contribution in [-0.4, -0.2) is 47.7 Å². The highest BCUT2D eigenvalue weighted by atomic mass is 32.2. The number of halogens is 1. The minimum absolute atomic E-state index is 0.130. The zero-order chi connectivity index (χ0) is 34.2. The summed E-state index contributed by atoms with van der Waals surface area (Å²) in [7, 11) is -1.97. The number of carbonyl (C=O) groups is 1. The first kappa shape index (κ1) is 35.3. The van der Waals surface area contributed by atoms with Crippen molar-refractivity contribution in [1.82, 2.24) is 4.98 Å². The average Bonchev–Trinajstić information content (AvgIpc) is 3.47. The number of phenols is 3. The lowest BCUT2D eigenvalue weighted by atomic mass is 10.1. The van der Waals surface area contributed by atoms with Crippen LogP contribution in [0.25, 0.3) is 10.9 Å². The molecule has 0 spiro atoms. The molecule has 244 valence electrons. The van der Waals surface area contributed by atoms with E-state index in [0.717, 1.165) is 27.6 Å². The Labute approximate surface area is 267 Å². The number of H-pyrrole nitrogens is 1. The van der Waals surface area contributed by atoms with Crippen molar-refractivity contribution < 1.29 is 42.4 Å². The van der Waals surface area contributed by atoms with Gasteiger partial charge in [-0.2, -0.15) is 0 Å². The molecular formula is C34H37FN2O8S. The van der Waals surface area contributed by atoms with Crippen LogP contribution in [0.5, 0.6) is 23.0 Å². The van der Waals surface area contributed by atoms with Crippen molar-refractivity contribution in [2.45, 2.75) is 34.6 Å². The van der Waals surface area contributed by atoms with Gasteiger partial charge in [-0.1, -0.05) is 30.3 Å². The van der Waals surface area contributed by atoms with Crippen LogP contribution in [0.15, 0.2) is 72.8 Å². The van der Waals surface area contributed by atoms with Crippen LogP contribution in [0.2, 0.25) is 0 Å². The maximum Gasteiger partial charge on any atom is 0.354 e. The van der Waals surface area contributed by atoms with Gasteiger partial charge in [-0.3, -0.25) is 4.72 Å². The molecule has 0 saturated heterocycles. The Hall–Kier alpha value is -5.23. The van der Waals surface area contributed by atoms with Crippen LogP contribution in [0.3, 0.4) is 0 Å². The third-order valence-electron chi connectivity index (χ3n) is 6.82. The number of anilines is 1. The lowest BCUT2D eigenvalue weighted by molar-refractivity contribution is 0.0595. The molecule has 0 unspecified atom stereocenters. The Morgan fingerprint density at radius 1 is 0.826 bits per heavy atom. The zero-order valence-electron chi connectivity index (χ0n) is 26.3. The second-order valence-corrected chi connectivity index (χ2v) is 12.2. The van der Waals surface area contributed by atoms with Crippen LogP contribution in [-0.2, 0) is 14.8 Å². The monoisotopic (exact) mass is 652 g/mol. The maximum atomic E-state index is 12.3. The predicted octanol–water partition coefficient (Wildman–Crippen LogP) is 6.90. The molecule has 0 saturated carbocycles. The summed E-state index contributed by atoms with van der Waals surface area (Å²) in [6, 6.07) is 20.0. The van der Waals surface area contributed by atoms with Crippen molar-refractivity contribution >= 4 is 32.6 Å². The van der Waals surface area contributed by atoms with Crippen LogP contribution in [0, 0.1) is 40.4 Å². The number of aromatic amines is 1. The summed E-state index contributed by atoms with van der Waals surface area (Å²) in [4.78, 5) is 14.1. The molecule has 46 heavy (non-hydrogen) atoms. The van der Waals surface area contributed by atoms with Gasteiger partial charge in [-0.25, -0.2) is 17.6 Å². The molecule has 4 aromatic carbocycles. The number of ether oxygens (including phenoxy) is 2. The van der Waals surface area contributed by atoms with E-state index in [1.54, 1.807) is 55.5 Å². The van der Waals surface area contributed by atoms with E-state index in [2.05, 4.69) is 14.4 Å². The van der Waals surface area contributed by atoms with Gasteiger partial charge < -0.3 is 29.8 Å². The van der Waals surface area contributed by atoms with E-state index in [0.29, 0.717) is 28.4 Å². The molecule has 0 atom stereocenters. The maximum absolute atomic E-state index is 12.3. The van der Waals surface area contributed by atoms with Crippen LogP contribution >= 0.6 is 0 Å². The number of aryl methyl sites for hydroxylation is 5. The number of hydrogen-bond acceptors (Lipinski definition) is 8. The summed E-state index contributed by atoms with van der Waals surface area (Å²) in [5.41, 5.74) is 6.51. The molecule has 0 bridgehead atoms. The number of aromatic nitrogens is 1. The van der Waals surface area contributed by atoms with E-state index in [4.69, 9.17) is 14.9 Å².